The molecule has 6 nitrogen and oxygen atoms in total. The fraction of sp³-hybridized carbons (Fsp3) is 0.208. The Bertz CT molecular complexity index is 1250. The first-order valence-corrected chi connectivity index (χ1v) is 11.0. The van der Waals surface area contributed by atoms with Crippen LogP contribution in [0, 0.1) is 6.92 Å². The van der Waals surface area contributed by atoms with Gasteiger partial charge in [0.15, 0.2) is 0 Å². The van der Waals surface area contributed by atoms with Gasteiger partial charge >= 0.3 is 12.1 Å². The van der Waals surface area contributed by atoms with Crippen molar-refractivity contribution in [1.82, 2.24) is 10.1 Å². The van der Waals surface area contributed by atoms with Gasteiger partial charge in [0.05, 0.1) is 28.2 Å². The van der Waals surface area contributed by atoms with Gasteiger partial charge in [0.1, 0.15) is 23.6 Å². The topological polar surface area (TPSA) is 85.5 Å². The molecule has 0 aliphatic carbocycles. The average molecular weight is 488 g/mol. The summed E-state index contributed by atoms with van der Waals surface area (Å²) in [4.78, 5) is 16.6. The molecule has 4 rings (SSSR count). The molecule has 1 N–H and O–H groups in total. The molecule has 1 atom stereocenters. The summed E-state index contributed by atoms with van der Waals surface area (Å²) in [6, 6.07) is 13.6. The number of hydrogen-bond acceptors (Lipinski definition) is 6. The normalized spacial score (nSPS) is 12.5. The number of carboxylic acid groups (broad SMARTS) is 1. The zero-order chi connectivity index (χ0) is 24.3. The van der Waals surface area contributed by atoms with Gasteiger partial charge in [0.2, 0.25) is 0 Å². The molecule has 0 aliphatic rings. The number of aliphatic carboxylic acids is 1. The third kappa shape index (κ3) is 5.45. The molecule has 0 radical (unpaired) electrons. The van der Waals surface area contributed by atoms with E-state index in [1.165, 1.54) is 29.7 Å². The van der Waals surface area contributed by atoms with Crippen molar-refractivity contribution >= 4 is 17.3 Å². The maximum atomic E-state index is 12.8. The van der Waals surface area contributed by atoms with E-state index in [1.807, 2.05) is 6.92 Å². The predicted octanol–water partition coefficient (Wildman–Crippen LogP) is 6.31. The van der Waals surface area contributed by atoms with Gasteiger partial charge in [-0.05, 0) is 36.8 Å². The summed E-state index contributed by atoms with van der Waals surface area (Å²) in [5.41, 5.74) is 1.94. The highest BCUT2D eigenvalue weighted by Crippen LogP contribution is 2.34. The number of benzene rings is 2. The molecule has 10 heteroatoms. The summed E-state index contributed by atoms with van der Waals surface area (Å²) < 4.78 is 49.1. The molecule has 4 aromatic rings. The second-order valence-corrected chi connectivity index (χ2v) is 8.62. The van der Waals surface area contributed by atoms with Crippen molar-refractivity contribution in [3.05, 3.63) is 88.3 Å². The lowest BCUT2D eigenvalue weighted by Crippen LogP contribution is -2.08. The van der Waals surface area contributed by atoms with Crippen molar-refractivity contribution in [1.29, 1.82) is 0 Å². The van der Waals surface area contributed by atoms with Crippen LogP contribution in [0.3, 0.4) is 0 Å². The first-order chi connectivity index (χ1) is 16.2. The summed E-state index contributed by atoms with van der Waals surface area (Å²) in [6.07, 6.45) is -3.11. The zero-order valence-electron chi connectivity index (χ0n) is 17.9. The van der Waals surface area contributed by atoms with Crippen LogP contribution in [0.1, 0.15) is 39.7 Å². The van der Waals surface area contributed by atoms with Gasteiger partial charge in [-0.2, -0.15) is 13.2 Å². The second kappa shape index (κ2) is 9.68. The van der Waals surface area contributed by atoms with Gasteiger partial charge < -0.3 is 14.4 Å². The van der Waals surface area contributed by atoms with Crippen molar-refractivity contribution in [3.63, 3.8) is 0 Å². The summed E-state index contributed by atoms with van der Waals surface area (Å²) in [7, 11) is 0. The number of halogens is 3. The maximum Gasteiger partial charge on any atom is 0.416 e. The Morgan fingerprint density at radius 3 is 2.41 bits per heavy atom. The molecule has 0 saturated carbocycles. The highest BCUT2D eigenvalue weighted by Gasteiger charge is 2.30. The van der Waals surface area contributed by atoms with E-state index in [9.17, 15) is 23.1 Å². The molecule has 2 heterocycles. The van der Waals surface area contributed by atoms with Crippen LogP contribution in [0.5, 0.6) is 5.75 Å². The molecule has 0 aliphatic heterocycles. The summed E-state index contributed by atoms with van der Waals surface area (Å²) in [6.45, 7) is 2.06. The minimum atomic E-state index is -4.38. The molecule has 0 spiro atoms. The van der Waals surface area contributed by atoms with Gasteiger partial charge in [0, 0.05) is 17.5 Å². The van der Waals surface area contributed by atoms with E-state index < -0.39 is 23.6 Å². The van der Waals surface area contributed by atoms with E-state index in [0.29, 0.717) is 22.0 Å². The fourth-order valence-corrected chi connectivity index (χ4v) is 4.38. The Hall–Kier alpha value is -3.66. The van der Waals surface area contributed by atoms with Gasteiger partial charge in [0.25, 0.3) is 0 Å². The lowest BCUT2D eigenvalue weighted by molar-refractivity contribution is -0.138. The smallest absolute Gasteiger partial charge is 0.416 e. The third-order valence-electron chi connectivity index (χ3n) is 5.20. The van der Waals surface area contributed by atoms with E-state index in [-0.39, 0.29) is 13.0 Å². The number of carboxylic acids is 1. The summed E-state index contributed by atoms with van der Waals surface area (Å²) >= 11 is 1.36. The van der Waals surface area contributed by atoms with Crippen LogP contribution in [-0.4, -0.2) is 21.2 Å². The van der Waals surface area contributed by atoms with Crippen LogP contribution >= 0.6 is 11.3 Å². The molecular weight excluding hydrogens is 469 g/mol. The molecule has 34 heavy (non-hydrogen) atoms. The average Bonchev–Trinajstić information content (AvgIpc) is 3.46. The van der Waals surface area contributed by atoms with Gasteiger partial charge in [-0.1, -0.05) is 29.4 Å². The first-order valence-electron chi connectivity index (χ1n) is 10.2. The lowest BCUT2D eigenvalue weighted by Gasteiger charge is -2.13. The maximum absolute atomic E-state index is 12.8. The third-order valence-corrected chi connectivity index (χ3v) is 6.38. The summed E-state index contributed by atoms with van der Waals surface area (Å²) in [5, 5.41) is 13.7. The van der Waals surface area contributed by atoms with E-state index in [2.05, 4.69) is 10.1 Å². The number of ether oxygens (including phenoxy) is 1. The van der Waals surface area contributed by atoms with E-state index in [1.54, 1.807) is 30.3 Å². The zero-order valence-corrected chi connectivity index (χ0v) is 18.7. The molecule has 0 fully saturated rings. The van der Waals surface area contributed by atoms with E-state index in [4.69, 9.17) is 9.26 Å². The minimum Gasteiger partial charge on any atom is -0.488 e. The fourth-order valence-electron chi connectivity index (χ4n) is 3.40. The van der Waals surface area contributed by atoms with Crippen LogP contribution in [0.2, 0.25) is 0 Å². The van der Waals surface area contributed by atoms with E-state index in [0.717, 1.165) is 28.3 Å². The number of thiazole rings is 1. The lowest BCUT2D eigenvalue weighted by atomic mass is 9.92. The Kier molecular flexibility index (Phi) is 6.69. The van der Waals surface area contributed by atoms with Gasteiger partial charge in [-0.15, -0.1) is 11.3 Å². The number of carbonyl (C=O) groups is 1. The molecule has 0 saturated heterocycles. The minimum absolute atomic E-state index is 0.125. The SMILES string of the molecule is Cc1nc(-c2ccc(C(F)(F)F)cc2)sc1COc1ccc([C@H](CC(=O)O)c2ccon2)cc1. The second-order valence-electron chi connectivity index (χ2n) is 7.54. The Morgan fingerprint density at radius 1 is 1.12 bits per heavy atom. The van der Waals surface area contributed by atoms with Crippen molar-refractivity contribution in [2.45, 2.75) is 32.0 Å². The molecule has 0 unspecified atom stereocenters. The molecular formula is C24H19F3N2O4S. The molecule has 176 valence electrons. The number of nitrogens with zero attached hydrogens (tertiary/aromatic N) is 2. The van der Waals surface area contributed by atoms with Crippen LogP contribution in [0.25, 0.3) is 10.6 Å². The van der Waals surface area contributed by atoms with E-state index >= 15 is 0 Å². The first kappa shape index (κ1) is 23.5. The summed E-state index contributed by atoms with van der Waals surface area (Å²) in [5.74, 6) is -0.806. The molecule has 2 aromatic carbocycles. The number of hydrogen-bond donors (Lipinski definition) is 1. The molecule has 0 amide bonds. The number of alkyl halides is 3. The van der Waals surface area contributed by atoms with Crippen LogP contribution < -0.4 is 4.74 Å². The predicted molar refractivity (Wildman–Crippen MR) is 119 cm³/mol. The monoisotopic (exact) mass is 488 g/mol. The number of rotatable bonds is 8. The van der Waals surface area contributed by atoms with Crippen molar-refractivity contribution < 1.29 is 32.3 Å². The van der Waals surface area contributed by atoms with Crippen LogP contribution in [0.4, 0.5) is 13.2 Å². The van der Waals surface area contributed by atoms with Gasteiger partial charge in [-0.3, -0.25) is 4.79 Å². The Balaban J connectivity index is 1.44. The van der Waals surface area contributed by atoms with Crippen molar-refractivity contribution in [3.8, 4) is 16.3 Å². The van der Waals surface area contributed by atoms with Crippen molar-refractivity contribution in [2.24, 2.45) is 0 Å². The van der Waals surface area contributed by atoms with Crippen molar-refractivity contribution in [2.75, 3.05) is 0 Å². The van der Waals surface area contributed by atoms with Crippen LogP contribution in [-0.2, 0) is 17.6 Å². The van der Waals surface area contributed by atoms with Crippen LogP contribution in [0.15, 0.2) is 65.4 Å². The number of aryl methyl sites for hydroxylation is 1. The highest BCUT2D eigenvalue weighted by molar-refractivity contribution is 7.15. The quantitative estimate of drug-likeness (QED) is 0.313. The Labute approximate surface area is 196 Å². The number of aromatic nitrogens is 2. The highest BCUT2D eigenvalue weighted by atomic mass is 32.1. The molecule has 2 aromatic heterocycles. The standard InChI is InChI=1S/C24H19F3N2O4S/c1-14-21(34-23(28-14)16-2-6-17(7-3-16)24(25,26)27)13-32-18-8-4-15(5-9-18)19(12-22(30)31)20-10-11-33-29-20/h2-11,19H,12-13H2,1H3,(H,30,31)/t19-/m0/s1. The van der Waals surface area contributed by atoms with Gasteiger partial charge in [-0.25, -0.2) is 4.98 Å². The Morgan fingerprint density at radius 2 is 1.82 bits per heavy atom. The molecule has 0 bridgehead atoms. The largest absolute Gasteiger partial charge is 0.488 e.